The molecule has 3 heterocycles. The Kier molecular flexibility index (Phi) is 4.45. The zero-order valence-corrected chi connectivity index (χ0v) is 13.4. The van der Waals surface area contributed by atoms with E-state index < -0.39 is 0 Å². The molecule has 0 bridgehead atoms. The summed E-state index contributed by atoms with van der Waals surface area (Å²) in [4.78, 5) is 17.5. The van der Waals surface area contributed by atoms with Crippen molar-refractivity contribution in [3.63, 3.8) is 0 Å². The van der Waals surface area contributed by atoms with Gasteiger partial charge in [0.05, 0.1) is 12.1 Å². The lowest BCUT2D eigenvalue weighted by Crippen LogP contribution is -2.38. The second kappa shape index (κ2) is 6.32. The summed E-state index contributed by atoms with van der Waals surface area (Å²) in [6.45, 7) is 4.86. The highest BCUT2D eigenvalue weighted by Gasteiger charge is 2.30. The quantitative estimate of drug-likeness (QED) is 0.852. The van der Waals surface area contributed by atoms with Gasteiger partial charge in [0.25, 0.3) is 0 Å². The first-order valence-corrected chi connectivity index (χ1v) is 8.04. The lowest BCUT2D eigenvalue weighted by Gasteiger charge is -2.29. The van der Waals surface area contributed by atoms with Gasteiger partial charge in [-0.3, -0.25) is 0 Å². The lowest BCUT2D eigenvalue weighted by atomic mass is 10.1. The molecule has 0 radical (unpaired) electrons. The van der Waals surface area contributed by atoms with Crippen molar-refractivity contribution in [3.05, 3.63) is 5.28 Å². The third-order valence-corrected chi connectivity index (χ3v) is 4.54. The average Bonchev–Trinajstić information content (AvgIpc) is 2.93. The summed E-state index contributed by atoms with van der Waals surface area (Å²) in [6, 6.07) is 0.290. The van der Waals surface area contributed by atoms with Gasteiger partial charge >= 0.3 is 0 Å². The van der Waals surface area contributed by atoms with Crippen LogP contribution in [-0.4, -0.2) is 53.8 Å². The fourth-order valence-electron chi connectivity index (χ4n) is 3.10. The first-order valence-electron chi connectivity index (χ1n) is 7.66. The monoisotopic (exact) mass is 311 g/mol. The minimum Gasteiger partial charge on any atom is -0.376 e. The van der Waals surface area contributed by atoms with Crippen molar-refractivity contribution in [2.45, 2.75) is 44.8 Å². The summed E-state index contributed by atoms with van der Waals surface area (Å²) in [7, 11) is 2.00. The predicted molar refractivity (Wildman–Crippen MR) is 83.1 cm³/mol. The van der Waals surface area contributed by atoms with Crippen LogP contribution in [0.4, 0.5) is 11.9 Å². The van der Waals surface area contributed by atoms with Crippen LogP contribution in [0.3, 0.4) is 0 Å². The number of halogens is 1. The Balaban J connectivity index is 1.83. The van der Waals surface area contributed by atoms with E-state index in [1.54, 1.807) is 0 Å². The molecule has 1 aromatic rings. The average molecular weight is 312 g/mol. The fraction of sp³-hybridized carbons (Fsp3) is 0.786. The van der Waals surface area contributed by atoms with E-state index in [9.17, 15) is 0 Å². The molecule has 0 aromatic carbocycles. The van der Waals surface area contributed by atoms with Crippen LogP contribution >= 0.6 is 11.6 Å². The summed E-state index contributed by atoms with van der Waals surface area (Å²) >= 11 is 6.11. The van der Waals surface area contributed by atoms with Gasteiger partial charge in [-0.15, -0.1) is 0 Å². The van der Waals surface area contributed by atoms with Gasteiger partial charge in [0, 0.05) is 26.7 Å². The van der Waals surface area contributed by atoms with Crippen LogP contribution in [0.5, 0.6) is 0 Å². The molecule has 0 saturated carbocycles. The van der Waals surface area contributed by atoms with E-state index in [2.05, 4.69) is 31.7 Å². The largest absolute Gasteiger partial charge is 0.376 e. The topological polar surface area (TPSA) is 54.4 Å². The highest BCUT2D eigenvalue weighted by atomic mass is 35.5. The van der Waals surface area contributed by atoms with Crippen LogP contribution in [-0.2, 0) is 4.74 Å². The van der Waals surface area contributed by atoms with Gasteiger partial charge in [-0.25, -0.2) is 0 Å². The van der Waals surface area contributed by atoms with Gasteiger partial charge in [-0.1, -0.05) is 0 Å². The van der Waals surface area contributed by atoms with Crippen LogP contribution < -0.4 is 9.80 Å². The molecule has 6 nitrogen and oxygen atoms in total. The second-order valence-electron chi connectivity index (χ2n) is 5.79. The molecule has 2 saturated heterocycles. The van der Waals surface area contributed by atoms with Crippen LogP contribution in [0.1, 0.15) is 32.6 Å². The van der Waals surface area contributed by atoms with Gasteiger partial charge in [0.15, 0.2) is 0 Å². The van der Waals surface area contributed by atoms with Gasteiger partial charge in [-0.2, -0.15) is 15.0 Å². The highest BCUT2D eigenvalue weighted by Crippen LogP contribution is 2.24. The van der Waals surface area contributed by atoms with Crippen molar-refractivity contribution < 1.29 is 4.74 Å². The molecule has 0 spiro atoms. The number of likely N-dealkylation sites (N-methyl/N-ethyl adjacent to an activating group) is 1. The molecule has 2 unspecified atom stereocenters. The molecule has 116 valence electrons. The molecule has 3 rings (SSSR count). The van der Waals surface area contributed by atoms with Crippen molar-refractivity contribution in [2.24, 2.45) is 0 Å². The molecule has 0 aliphatic carbocycles. The van der Waals surface area contributed by atoms with Crippen LogP contribution in [0, 0.1) is 0 Å². The fourth-order valence-corrected chi connectivity index (χ4v) is 3.25. The molecular weight excluding hydrogens is 290 g/mol. The summed E-state index contributed by atoms with van der Waals surface area (Å²) in [5, 5.41) is 0.263. The Morgan fingerprint density at radius 1 is 1.19 bits per heavy atom. The molecule has 2 fully saturated rings. The van der Waals surface area contributed by atoms with E-state index in [0.29, 0.717) is 11.9 Å². The first-order chi connectivity index (χ1) is 10.1. The zero-order chi connectivity index (χ0) is 14.8. The Morgan fingerprint density at radius 2 is 1.95 bits per heavy atom. The zero-order valence-electron chi connectivity index (χ0n) is 12.6. The molecule has 7 heteroatoms. The highest BCUT2D eigenvalue weighted by molar-refractivity contribution is 6.28. The van der Waals surface area contributed by atoms with E-state index in [-0.39, 0.29) is 17.4 Å². The maximum atomic E-state index is 6.11. The molecule has 2 atom stereocenters. The van der Waals surface area contributed by atoms with Crippen LogP contribution in [0.2, 0.25) is 5.28 Å². The first kappa shape index (κ1) is 14.8. The standard InChI is InChI=1S/C14H22ClN5O/c1-10-11(6-9-21-10)19(2)13-16-12(15)17-14(18-13)20-7-4-3-5-8-20/h10-11H,3-9H2,1-2H3. The van der Waals surface area contributed by atoms with Crippen LogP contribution in [0.25, 0.3) is 0 Å². The molecule has 2 aliphatic rings. The minimum absolute atomic E-state index is 0.184. The number of nitrogens with zero attached hydrogens (tertiary/aromatic N) is 5. The van der Waals surface area contributed by atoms with Gasteiger partial charge in [0.2, 0.25) is 17.2 Å². The van der Waals surface area contributed by atoms with Gasteiger partial charge in [0.1, 0.15) is 0 Å². The number of hydrogen-bond donors (Lipinski definition) is 0. The van der Waals surface area contributed by atoms with Crippen molar-refractivity contribution in [3.8, 4) is 0 Å². The number of piperidine rings is 1. The van der Waals surface area contributed by atoms with Gasteiger partial charge in [-0.05, 0) is 44.2 Å². The van der Waals surface area contributed by atoms with E-state index in [1.165, 1.54) is 19.3 Å². The molecular formula is C14H22ClN5O. The van der Waals surface area contributed by atoms with Crippen molar-refractivity contribution >= 4 is 23.5 Å². The second-order valence-corrected chi connectivity index (χ2v) is 6.13. The summed E-state index contributed by atoms with van der Waals surface area (Å²) in [5.74, 6) is 1.33. The summed E-state index contributed by atoms with van der Waals surface area (Å²) in [5.41, 5.74) is 0. The molecule has 2 aliphatic heterocycles. The Labute approximate surface area is 130 Å². The Bertz CT molecular complexity index is 494. The van der Waals surface area contributed by atoms with Crippen molar-refractivity contribution in [2.75, 3.05) is 36.5 Å². The minimum atomic E-state index is 0.184. The smallest absolute Gasteiger partial charge is 0.231 e. The third-order valence-electron chi connectivity index (χ3n) is 4.37. The molecule has 0 amide bonds. The van der Waals surface area contributed by atoms with Crippen molar-refractivity contribution in [1.29, 1.82) is 0 Å². The number of rotatable bonds is 3. The van der Waals surface area contributed by atoms with Gasteiger partial charge < -0.3 is 14.5 Å². The maximum Gasteiger partial charge on any atom is 0.231 e. The van der Waals surface area contributed by atoms with E-state index in [0.717, 1.165) is 26.1 Å². The lowest BCUT2D eigenvalue weighted by molar-refractivity contribution is 0.118. The summed E-state index contributed by atoms with van der Waals surface area (Å²) < 4.78 is 5.63. The van der Waals surface area contributed by atoms with Crippen LogP contribution in [0.15, 0.2) is 0 Å². The van der Waals surface area contributed by atoms with E-state index in [4.69, 9.17) is 16.3 Å². The third kappa shape index (κ3) is 3.21. The Hall–Kier alpha value is -1.14. The van der Waals surface area contributed by atoms with E-state index in [1.807, 2.05) is 7.05 Å². The SMILES string of the molecule is CC1OCCC1N(C)c1nc(Cl)nc(N2CCCCC2)n1. The number of aromatic nitrogens is 3. The normalized spacial score (nSPS) is 26.1. The number of ether oxygens (including phenoxy) is 1. The maximum absolute atomic E-state index is 6.11. The number of hydrogen-bond acceptors (Lipinski definition) is 6. The van der Waals surface area contributed by atoms with E-state index >= 15 is 0 Å². The summed E-state index contributed by atoms with van der Waals surface area (Å²) in [6.07, 6.45) is 4.81. The van der Waals surface area contributed by atoms with Crippen molar-refractivity contribution in [1.82, 2.24) is 15.0 Å². The molecule has 21 heavy (non-hydrogen) atoms. The molecule has 1 aromatic heterocycles. The molecule has 0 N–H and O–H groups in total. The number of anilines is 2. The Morgan fingerprint density at radius 3 is 2.62 bits per heavy atom. The predicted octanol–water partition coefficient (Wildman–Crippen LogP) is 2.13.